The zero-order valence-electron chi connectivity index (χ0n) is 9.15. The van der Waals surface area contributed by atoms with Crippen molar-refractivity contribution < 1.29 is 14.3 Å². The average Bonchev–Trinajstić information content (AvgIpc) is 2.63. The van der Waals surface area contributed by atoms with Crippen molar-refractivity contribution in [1.29, 1.82) is 0 Å². The van der Waals surface area contributed by atoms with E-state index in [1.54, 1.807) is 6.26 Å². The first-order valence-corrected chi connectivity index (χ1v) is 6.34. The molecule has 88 valence electrons. The van der Waals surface area contributed by atoms with Crippen LogP contribution in [0.3, 0.4) is 0 Å². The molecule has 1 N–H and O–H groups in total. The minimum absolute atomic E-state index is 0.00521. The third-order valence-corrected chi connectivity index (χ3v) is 4.07. The van der Waals surface area contributed by atoms with Gasteiger partial charge in [-0.25, -0.2) is 0 Å². The van der Waals surface area contributed by atoms with Crippen molar-refractivity contribution in [3.8, 4) is 0 Å². The van der Waals surface area contributed by atoms with Crippen LogP contribution in [0.2, 0.25) is 0 Å². The Kier molecular flexibility index (Phi) is 3.38. The van der Waals surface area contributed by atoms with Gasteiger partial charge in [-0.2, -0.15) is 0 Å². The van der Waals surface area contributed by atoms with Crippen molar-refractivity contribution in [3.05, 3.63) is 22.6 Å². The number of hydrogen-bond acceptors (Lipinski definition) is 2. The molecule has 0 radical (unpaired) electrons. The summed E-state index contributed by atoms with van der Waals surface area (Å²) in [4.78, 5) is 11.2. The minimum Gasteiger partial charge on any atom is -0.481 e. The van der Waals surface area contributed by atoms with Crippen molar-refractivity contribution in [2.45, 2.75) is 32.1 Å². The molecule has 0 aromatic carbocycles. The number of carboxylic acids is 1. The minimum atomic E-state index is -0.708. The van der Waals surface area contributed by atoms with E-state index in [-0.39, 0.29) is 11.8 Å². The number of furan rings is 1. The molecule has 1 aliphatic rings. The van der Waals surface area contributed by atoms with Crippen LogP contribution in [0, 0.1) is 11.8 Å². The molecule has 0 amide bonds. The van der Waals surface area contributed by atoms with Crippen LogP contribution in [-0.4, -0.2) is 11.1 Å². The van der Waals surface area contributed by atoms with Crippen molar-refractivity contribution in [3.63, 3.8) is 0 Å². The van der Waals surface area contributed by atoms with E-state index in [2.05, 4.69) is 22.9 Å². The summed E-state index contributed by atoms with van der Waals surface area (Å²) in [6.45, 7) is 2.17. The number of aliphatic carboxylic acids is 1. The number of carboxylic acid groups (broad SMARTS) is 1. The van der Waals surface area contributed by atoms with E-state index in [4.69, 9.17) is 4.42 Å². The number of halogens is 1. The van der Waals surface area contributed by atoms with Gasteiger partial charge in [-0.1, -0.05) is 6.92 Å². The molecule has 1 aromatic rings. The smallest absolute Gasteiger partial charge is 0.307 e. The monoisotopic (exact) mass is 286 g/mol. The van der Waals surface area contributed by atoms with Gasteiger partial charge in [0.1, 0.15) is 5.76 Å². The van der Waals surface area contributed by atoms with Gasteiger partial charge in [0.15, 0.2) is 0 Å². The summed E-state index contributed by atoms with van der Waals surface area (Å²) in [5.41, 5.74) is 0. The van der Waals surface area contributed by atoms with E-state index >= 15 is 0 Å². The summed E-state index contributed by atoms with van der Waals surface area (Å²) in [5, 5.41) is 9.23. The lowest BCUT2D eigenvalue weighted by molar-refractivity contribution is -0.144. The van der Waals surface area contributed by atoms with Gasteiger partial charge >= 0.3 is 5.97 Å². The summed E-state index contributed by atoms with van der Waals surface area (Å²) in [7, 11) is 0. The number of hydrogen-bond donors (Lipinski definition) is 1. The molecule has 0 aliphatic heterocycles. The van der Waals surface area contributed by atoms with Gasteiger partial charge in [0, 0.05) is 5.92 Å². The Morgan fingerprint density at radius 3 is 2.88 bits per heavy atom. The van der Waals surface area contributed by atoms with Crippen LogP contribution in [0.5, 0.6) is 0 Å². The van der Waals surface area contributed by atoms with Crippen molar-refractivity contribution in [1.82, 2.24) is 0 Å². The third kappa shape index (κ3) is 2.17. The topological polar surface area (TPSA) is 50.4 Å². The maximum Gasteiger partial charge on any atom is 0.307 e. The van der Waals surface area contributed by atoms with Crippen LogP contribution in [0.4, 0.5) is 0 Å². The molecular formula is C12H15BrO3. The Hall–Kier alpha value is -0.770. The molecule has 3 unspecified atom stereocenters. The lowest BCUT2D eigenvalue weighted by Crippen LogP contribution is -2.28. The molecular weight excluding hydrogens is 272 g/mol. The van der Waals surface area contributed by atoms with Gasteiger partial charge < -0.3 is 9.52 Å². The lowest BCUT2D eigenvalue weighted by atomic mass is 9.73. The SMILES string of the molecule is CC1CCC(C(=O)O)C(c2occc2Br)C1. The van der Waals surface area contributed by atoms with E-state index in [9.17, 15) is 9.90 Å². The van der Waals surface area contributed by atoms with Gasteiger partial charge in [0.25, 0.3) is 0 Å². The van der Waals surface area contributed by atoms with E-state index in [1.807, 2.05) is 6.07 Å². The second-order valence-corrected chi connectivity index (χ2v) is 5.46. The maximum absolute atomic E-state index is 11.2. The summed E-state index contributed by atoms with van der Waals surface area (Å²) in [6, 6.07) is 1.83. The Morgan fingerprint density at radius 2 is 2.31 bits per heavy atom. The van der Waals surface area contributed by atoms with Crippen LogP contribution in [0.1, 0.15) is 37.9 Å². The van der Waals surface area contributed by atoms with Crippen molar-refractivity contribution in [2.24, 2.45) is 11.8 Å². The zero-order valence-corrected chi connectivity index (χ0v) is 10.7. The summed E-state index contributed by atoms with van der Waals surface area (Å²) in [6.07, 6.45) is 4.24. The van der Waals surface area contributed by atoms with Gasteiger partial charge in [-0.3, -0.25) is 4.79 Å². The quantitative estimate of drug-likeness (QED) is 0.903. The molecule has 1 fully saturated rings. The molecule has 1 heterocycles. The van der Waals surface area contributed by atoms with E-state index in [0.717, 1.165) is 29.5 Å². The molecule has 1 saturated carbocycles. The second kappa shape index (κ2) is 4.62. The molecule has 2 rings (SSSR count). The highest BCUT2D eigenvalue weighted by atomic mass is 79.9. The van der Waals surface area contributed by atoms with E-state index in [1.165, 1.54) is 0 Å². The normalized spacial score (nSPS) is 30.2. The molecule has 0 saturated heterocycles. The maximum atomic E-state index is 11.2. The largest absolute Gasteiger partial charge is 0.481 e. The first-order valence-electron chi connectivity index (χ1n) is 5.55. The first-order chi connectivity index (χ1) is 7.59. The molecule has 0 bridgehead atoms. The first kappa shape index (κ1) is 11.7. The summed E-state index contributed by atoms with van der Waals surface area (Å²) < 4.78 is 6.31. The molecule has 3 atom stereocenters. The highest BCUT2D eigenvalue weighted by Crippen LogP contribution is 2.43. The van der Waals surface area contributed by atoms with E-state index in [0.29, 0.717) is 5.92 Å². The summed E-state index contributed by atoms with van der Waals surface area (Å²) in [5.74, 6) is 0.348. The molecule has 1 aromatic heterocycles. The fraction of sp³-hybridized carbons (Fsp3) is 0.583. The molecule has 4 heteroatoms. The lowest BCUT2D eigenvalue weighted by Gasteiger charge is -2.31. The zero-order chi connectivity index (χ0) is 11.7. The molecule has 16 heavy (non-hydrogen) atoms. The molecule has 1 aliphatic carbocycles. The molecule has 3 nitrogen and oxygen atoms in total. The van der Waals surface area contributed by atoms with Gasteiger partial charge in [-0.05, 0) is 47.2 Å². The fourth-order valence-electron chi connectivity index (χ4n) is 2.54. The average molecular weight is 287 g/mol. The molecule has 0 spiro atoms. The van der Waals surface area contributed by atoms with Crippen LogP contribution >= 0.6 is 15.9 Å². The third-order valence-electron chi connectivity index (χ3n) is 3.41. The van der Waals surface area contributed by atoms with Gasteiger partial charge in [0.2, 0.25) is 0 Å². The Morgan fingerprint density at radius 1 is 1.56 bits per heavy atom. The van der Waals surface area contributed by atoms with Crippen LogP contribution in [0.25, 0.3) is 0 Å². The summed E-state index contributed by atoms with van der Waals surface area (Å²) >= 11 is 3.41. The van der Waals surface area contributed by atoms with Crippen LogP contribution in [-0.2, 0) is 4.79 Å². The Bertz CT molecular complexity index is 385. The van der Waals surface area contributed by atoms with Crippen LogP contribution in [0.15, 0.2) is 21.2 Å². The standard InChI is InChI=1S/C12H15BrO3/c1-7-2-3-8(12(14)15)9(6-7)11-10(13)4-5-16-11/h4-5,7-9H,2-3,6H2,1H3,(H,14,15). The fourth-order valence-corrected chi connectivity index (χ4v) is 3.03. The van der Waals surface area contributed by atoms with Gasteiger partial charge in [-0.15, -0.1) is 0 Å². The second-order valence-electron chi connectivity index (χ2n) is 4.60. The van der Waals surface area contributed by atoms with Crippen LogP contribution < -0.4 is 0 Å². The number of carbonyl (C=O) groups is 1. The predicted molar refractivity (Wildman–Crippen MR) is 63.3 cm³/mol. The highest BCUT2D eigenvalue weighted by Gasteiger charge is 2.37. The highest BCUT2D eigenvalue weighted by molar-refractivity contribution is 9.10. The number of rotatable bonds is 2. The van der Waals surface area contributed by atoms with E-state index < -0.39 is 5.97 Å². The van der Waals surface area contributed by atoms with Crippen molar-refractivity contribution in [2.75, 3.05) is 0 Å². The van der Waals surface area contributed by atoms with Crippen molar-refractivity contribution >= 4 is 21.9 Å². The van der Waals surface area contributed by atoms with Gasteiger partial charge in [0.05, 0.1) is 16.7 Å². The Balaban J connectivity index is 2.27. The predicted octanol–water partition coefficient (Wildman–Crippen LogP) is 3.65. The Labute approximate surface area is 103 Å².